The van der Waals surface area contributed by atoms with Gasteiger partial charge in [-0.15, -0.1) is 0 Å². The summed E-state index contributed by atoms with van der Waals surface area (Å²) in [5.41, 5.74) is 1.56. The van der Waals surface area contributed by atoms with Crippen LogP contribution in [-0.2, 0) is 21.4 Å². The maximum atomic E-state index is 12.4. The molecule has 1 aliphatic heterocycles. The number of nitrogens with zero attached hydrogens (tertiary/aromatic N) is 2. The van der Waals surface area contributed by atoms with Gasteiger partial charge in [-0.05, 0) is 17.5 Å². The molecule has 1 heterocycles. The standard InChI is InChI=1S/C16H24N2O3S/c1-4-13(2)11-16(19)17-9-10-18(22(3,20)21)15-8-6-5-7-14(15)12-17/h5-8,13H,4,9-12H2,1-3H3. The number of rotatable bonds is 4. The average Bonchev–Trinajstić information content (AvgIpc) is 2.66. The van der Waals surface area contributed by atoms with E-state index in [1.165, 1.54) is 10.6 Å². The van der Waals surface area contributed by atoms with Gasteiger partial charge in [-0.1, -0.05) is 38.5 Å². The fourth-order valence-electron chi connectivity index (χ4n) is 2.63. The van der Waals surface area contributed by atoms with E-state index in [2.05, 4.69) is 13.8 Å². The van der Waals surface area contributed by atoms with Gasteiger partial charge in [0.25, 0.3) is 0 Å². The Hall–Kier alpha value is -1.56. The second-order valence-corrected chi connectivity index (χ2v) is 7.90. The van der Waals surface area contributed by atoms with Crippen molar-refractivity contribution in [2.45, 2.75) is 33.2 Å². The van der Waals surface area contributed by atoms with Gasteiger partial charge in [-0.2, -0.15) is 0 Å². The Labute approximate surface area is 133 Å². The normalized spacial score (nSPS) is 16.9. The van der Waals surface area contributed by atoms with Crippen molar-refractivity contribution in [3.05, 3.63) is 29.8 Å². The summed E-state index contributed by atoms with van der Waals surface area (Å²) in [6.07, 6.45) is 2.68. The number of anilines is 1. The number of sulfonamides is 1. The third-order valence-electron chi connectivity index (χ3n) is 4.17. The average molecular weight is 324 g/mol. The van der Waals surface area contributed by atoms with Gasteiger partial charge in [0.1, 0.15) is 0 Å². The fraction of sp³-hybridized carbons (Fsp3) is 0.562. The molecule has 2 rings (SSSR count). The molecule has 22 heavy (non-hydrogen) atoms. The first kappa shape index (κ1) is 16.8. The molecule has 0 aliphatic carbocycles. The van der Waals surface area contributed by atoms with Gasteiger partial charge in [0.2, 0.25) is 15.9 Å². The van der Waals surface area contributed by atoms with E-state index in [1.807, 2.05) is 18.2 Å². The summed E-state index contributed by atoms with van der Waals surface area (Å²) in [6.45, 7) is 5.34. The highest BCUT2D eigenvalue weighted by atomic mass is 32.2. The highest BCUT2D eigenvalue weighted by Crippen LogP contribution is 2.27. The predicted molar refractivity (Wildman–Crippen MR) is 88.1 cm³/mol. The maximum absolute atomic E-state index is 12.4. The number of benzene rings is 1. The lowest BCUT2D eigenvalue weighted by atomic mass is 10.0. The summed E-state index contributed by atoms with van der Waals surface area (Å²) in [4.78, 5) is 14.2. The summed E-state index contributed by atoms with van der Waals surface area (Å²) in [7, 11) is -3.34. The summed E-state index contributed by atoms with van der Waals surface area (Å²) in [5.74, 6) is 0.441. The van der Waals surface area contributed by atoms with Crippen molar-refractivity contribution < 1.29 is 13.2 Å². The monoisotopic (exact) mass is 324 g/mol. The first-order chi connectivity index (χ1) is 10.3. The molecule has 122 valence electrons. The lowest BCUT2D eigenvalue weighted by Gasteiger charge is -2.23. The largest absolute Gasteiger partial charge is 0.336 e. The van der Waals surface area contributed by atoms with Crippen molar-refractivity contribution in [2.24, 2.45) is 5.92 Å². The Kier molecular flexibility index (Phi) is 5.11. The molecule has 1 aliphatic rings. The van der Waals surface area contributed by atoms with Crippen LogP contribution >= 0.6 is 0 Å². The molecule has 6 heteroatoms. The van der Waals surface area contributed by atoms with Gasteiger partial charge in [0.15, 0.2) is 0 Å². The van der Waals surface area contributed by atoms with Gasteiger partial charge < -0.3 is 4.90 Å². The van der Waals surface area contributed by atoms with Crippen LogP contribution in [0.3, 0.4) is 0 Å². The van der Waals surface area contributed by atoms with E-state index >= 15 is 0 Å². The zero-order valence-electron chi connectivity index (χ0n) is 13.4. The third-order valence-corrected chi connectivity index (χ3v) is 5.35. The van der Waals surface area contributed by atoms with Crippen molar-refractivity contribution in [2.75, 3.05) is 23.7 Å². The van der Waals surface area contributed by atoms with Crippen LogP contribution in [0.4, 0.5) is 5.69 Å². The number of amides is 1. The number of hydrogen-bond donors (Lipinski definition) is 0. The molecular weight excluding hydrogens is 300 g/mol. The molecule has 0 spiro atoms. The summed E-state index contributed by atoms with van der Waals surface area (Å²) in [5, 5.41) is 0. The fourth-order valence-corrected chi connectivity index (χ4v) is 3.58. The van der Waals surface area contributed by atoms with Crippen LogP contribution in [-0.4, -0.2) is 38.6 Å². The van der Waals surface area contributed by atoms with Crippen LogP contribution in [0.5, 0.6) is 0 Å². The minimum Gasteiger partial charge on any atom is -0.336 e. The van der Waals surface area contributed by atoms with E-state index in [-0.39, 0.29) is 5.91 Å². The van der Waals surface area contributed by atoms with Gasteiger partial charge >= 0.3 is 0 Å². The topological polar surface area (TPSA) is 57.7 Å². The van der Waals surface area contributed by atoms with Gasteiger partial charge in [0, 0.05) is 19.5 Å². The van der Waals surface area contributed by atoms with Gasteiger partial charge in [-0.25, -0.2) is 8.42 Å². The minimum atomic E-state index is -3.34. The second-order valence-electron chi connectivity index (χ2n) is 6.00. The van der Waals surface area contributed by atoms with Crippen LogP contribution in [0.2, 0.25) is 0 Å². The number of para-hydroxylation sites is 1. The Morgan fingerprint density at radius 1 is 1.27 bits per heavy atom. The molecule has 0 bridgehead atoms. The molecule has 0 saturated heterocycles. The van der Waals surface area contributed by atoms with Crippen LogP contribution in [0, 0.1) is 5.92 Å². The molecular formula is C16H24N2O3S. The predicted octanol–water partition coefficient (Wildman–Crippen LogP) is 2.23. The molecule has 1 aromatic rings. The van der Waals surface area contributed by atoms with Crippen molar-refractivity contribution in [1.29, 1.82) is 0 Å². The number of carbonyl (C=O) groups excluding carboxylic acids is 1. The Balaban J connectivity index is 2.28. The summed E-state index contributed by atoms with van der Waals surface area (Å²) < 4.78 is 25.5. The van der Waals surface area contributed by atoms with E-state index < -0.39 is 10.0 Å². The van der Waals surface area contributed by atoms with E-state index in [9.17, 15) is 13.2 Å². The van der Waals surface area contributed by atoms with Crippen LogP contribution in [0.15, 0.2) is 24.3 Å². The zero-order valence-corrected chi connectivity index (χ0v) is 14.3. The maximum Gasteiger partial charge on any atom is 0.232 e. The third kappa shape index (κ3) is 3.80. The Morgan fingerprint density at radius 2 is 1.95 bits per heavy atom. The first-order valence-electron chi connectivity index (χ1n) is 7.66. The Morgan fingerprint density at radius 3 is 2.59 bits per heavy atom. The molecule has 5 nitrogen and oxygen atoms in total. The number of fused-ring (bicyclic) bond motifs is 1. The number of carbonyl (C=O) groups is 1. The van der Waals surface area contributed by atoms with E-state index in [1.54, 1.807) is 11.0 Å². The van der Waals surface area contributed by atoms with E-state index in [0.717, 1.165) is 12.0 Å². The molecule has 0 aromatic heterocycles. The molecule has 1 unspecified atom stereocenters. The van der Waals surface area contributed by atoms with Crippen molar-refractivity contribution in [3.63, 3.8) is 0 Å². The van der Waals surface area contributed by atoms with Crippen molar-refractivity contribution in [1.82, 2.24) is 4.90 Å². The minimum absolute atomic E-state index is 0.0968. The lowest BCUT2D eigenvalue weighted by Crippen LogP contribution is -2.37. The molecule has 0 fully saturated rings. The molecule has 1 amide bonds. The smallest absolute Gasteiger partial charge is 0.232 e. The van der Waals surface area contributed by atoms with Crippen molar-refractivity contribution in [3.8, 4) is 0 Å². The molecule has 0 N–H and O–H groups in total. The molecule has 1 atom stereocenters. The van der Waals surface area contributed by atoms with Crippen LogP contribution < -0.4 is 4.31 Å². The van der Waals surface area contributed by atoms with Crippen LogP contribution in [0.1, 0.15) is 32.3 Å². The second kappa shape index (κ2) is 6.69. The number of hydrogen-bond acceptors (Lipinski definition) is 3. The quantitative estimate of drug-likeness (QED) is 0.853. The summed E-state index contributed by atoms with van der Waals surface area (Å²) >= 11 is 0. The van der Waals surface area contributed by atoms with Crippen molar-refractivity contribution >= 4 is 21.6 Å². The molecule has 0 saturated carbocycles. The lowest BCUT2D eigenvalue weighted by molar-refractivity contribution is -0.132. The highest BCUT2D eigenvalue weighted by Gasteiger charge is 2.27. The molecule has 1 aromatic carbocycles. The zero-order chi connectivity index (χ0) is 16.3. The van der Waals surface area contributed by atoms with E-state index in [4.69, 9.17) is 0 Å². The van der Waals surface area contributed by atoms with Crippen LogP contribution in [0.25, 0.3) is 0 Å². The summed E-state index contributed by atoms with van der Waals surface area (Å²) in [6, 6.07) is 7.40. The van der Waals surface area contributed by atoms with Gasteiger partial charge in [-0.3, -0.25) is 9.10 Å². The molecule has 0 radical (unpaired) electrons. The van der Waals surface area contributed by atoms with Gasteiger partial charge in [0.05, 0.1) is 18.5 Å². The SMILES string of the molecule is CCC(C)CC(=O)N1CCN(S(C)(=O)=O)c2ccccc2C1. The first-order valence-corrected chi connectivity index (χ1v) is 9.51. The Bertz CT molecular complexity index is 643. The highest BCUT2D eigenvalue weighted by molar-refractivity contribution is 7.92. The van der Waals surface area contributed by atoms with E-state index in [0.29, 0.717) is 37.7 Å².